The van der Waals surface area contributed by atoms with Gasteiger partial charge in [0, 0.05) is 55.0 Å². The van der Waals surface area contributed by atoms with Crippen molar-refractivity contribution in [3.8, 4) is 0 Å². The van der Waals surface area contributed by atoms with Crippen LogP contribution in [0.15, 0.2) is 30.6 Å². The van der Waals surface area contributed by atoms with Gasteiger partial charge in [-0.3, -0.25) is 4.98 Å². The Labute approximate surface area is 160 Å². The van der Waals surface area contributed by atoms with Crippen molar-refractivity contribution < 1.29 is 4.79 Å². The average molecular weight is 373 g/mol. The lowest BCUT2D eigenvalue weighted by Crippen LogP contribution is -2.38. The first kappa shape index (κ1) is 18.5. The zero-order chi connectivity index (χ0) is 18.7. The molecule has 5 nitrogen and oxygen atoms in total. The van der Waals surface area contributed by atoms with E-state index in [0.717, 1.165) is 37.3 Å². The molecule has 0 atom stereocenters. The van der Waals surface area contributed by atoms with Crippen LogP contribution in [0, 0.1) is 20.8 Å². The summed E-state index contributed by atoms with van der Waals surface area (Å²) in [6, 6.07) is 5.52. The Morgan fingerprint density at radius 1 is 1.04 bits per heavy atom. The second kappa shape index (κ2) is 7.96. The second-order valence-electron chi connectivity index (χ2n) is 6.84. The van der Waals surface area contributed by atoms with Crippen molar-refractivity contribution in [1.29, 1.82) is 0 Å². The Bertz CT molecular complexity index is 788. The van der Waals surface area contributed by atoms with Gasteiger partial charge < -0.3 is 15.1 Å². The summed E-state index contributed by atoms with van der Waals surface area (Å²) in [5.74, 6) is 0. The van der Waals surface area contributed by atoms with Crippen LogP contribution in [0.1, 0.15) is 23.1 Å². The fourth-order valence-electron chi connectivity index (χ4n) is 3.41. The number of nitrogens with one attached hydrogen (secondary N) is 1. The smallest absolute Gasteiger partial charge is 0.321 e. The van der Waals surface area contributed by atoms with E-state index in [1.54, 1.807) is 6.07 Å². The highest BCUT2D eigenvalue weighted by Gasteiger charge is 2.21. The van der Waals surface area contributed by atoms with Gasteiger partial charge in [0.25, 0.3) is 0 Å². The minimum Gasteiger partial charge on any atom is -0.369 e. The number of benzene rings is 1. The van der Waals surface area contributed by atoms with Crippen LogP contribution in [0.4, 0.5) is 16.2 Å². The number of halogens is 1. The normalized spacial score (nSPS) is 14.9. The Morgan fingerprint density at radius 2 is 1.77 bits per heavy atom. The number of carbonyl (C=O) groups is 1. The number of anilines is 2. The molecule has 1 aromatic heterocycles. The molecule has 1 N–H and O–H groups in total. The van der Waals surface area contributed by atoms with Gasteiger partial charge in [-0.15, -0.1) is 0 Å². The summed E-state index contributed by atoms with van der Waals surface area (Å²) < 4.78 is 0. The summed E-state index contributed by atoms with van der Waals surface area (Å²) >= 11 is 6.15. The SMILES string of the molecule is Cc1ccc(NC(=O)N2CCCN(c3c(C)cncc3C)CC2)cc1Cl. The van der Waals surface area contributed by atoms with Crippen LogP contribution in [0.2, 0.25) is 5.02 Å². The van der Waals surface area contributed by atoms with E-state index in [9.17, 15) is 4.79 Å². The third-order valence-corrected chi connectivity index (χ3v) is 5.21. The van der Waals surface area contributed by atoms with Gasteiger partial charge >= 0.3 is 6.03 Å². The predicted octanol–water partition coefficient (Wildman–Crippen LogP) is 4.40. The van der Waals surface area contributed by atoms with Crippen LogP contribution in [0.3, 0.4) is 0 Å². The third-order valence-electron chi connectivity index (χ3n) is 4.81. The Balaban J connectivity index is 1.66. The number of hydrogen-bond acceptors (Lipinski definition) is 3. The van der Waals surface area contributed by atoms with E-state index >= 15 is 0 Å². The summed E-state index contributed by atoms with van der Waals surface area (Å²) in [6.45, 7) is 9.30. The van der Waals surface area contributed by atoms with Crippen LogP contribution in [-0.2, 0) is 0 Å². The molecular formula is C20H25ClN4O. The quantitative estimate of drug-likeness (QED) is 0.849. The summed E-state index contributed by atoms with van der Waals surface area (Å²) in [7, 11) is 0. The molecule has 138 valence electrons. The van der Waals surface area contributed by atoms with Crippen molar-refractivity contribution in [2.75, 3.05) is 36.4 Å². The molecule has 0 unspecified atom stereocenters. The lowest BCUT2D eigenvalue weighted by atomic mass is 10.1. The molecule has 3 rings (SSSR count). The third kappa shape index (κ3) is 4.10. The number of hydrogen-bond donors (Lipinski definition) is 1. The number of amides is 2. The van der Waals surface area contributed by atoms with Gasteiger partial charge in [-0.25, -0.2) is 4.79 Å². The lowest BCUT2D eigenvalue weighted by molar-refractivity contribution is 0.215. The number of aromatic nitrogens is 1. The maximum atomic E-state index is 12.6. The second-order valence-corrected chi connectivity index (χ2v) is 7.25. The number of aryl methyl sites for hydroxylation is 3. The van der Waals surface area contributed by atoms with Crippen molar-refractivity contribution >= 4 is 29.0 Å². The van der Waals surface area contributed by atoms with Gasteiger partial charge in [0.2, 0.25) is 0 Å². The maximum Gasteiger partial charge on any atom is 0.321 e. The number of pyridine rings is 1. The molecule has 0 bridgehead atoms. The first-order chi connectivity index (χ1) is 12.5. The van der Waals surface area contributed by atoms with Crippen molar-refractivity contribution in [1.82, 2.24) is 9.88 Å². The van der Waals surface area contributed by atoms with E-state index in [4.69, 9.17) is 11.6 Å². The highest BCUT2D eigenvalue weighted by Crippen LogP contribution is 2.25. The molecule has 0 spiro atoms. The molecule has 0 radical (unpaired) electrons. The van der Waals surface area contributed by atoms with Crippen LogP contribution >= 0.6 is 11.6 Å². The molecule has 0 aliphatic carbocycles. The van der Waals surface area contributed by atoms with E-state index in [1.807, 2.05) is 36.4 Å². The standard InChI is InChI=1S/C20H25ClN4O/c1-14-5-6-17(11-18(14)21)23-20(26)25-8-4-7-24(9-10-25)19-15(2)12-22-13-16(19)3/h5-6,11-13H,4,7-10H2,1-3H3,(H,23,26). The number of urea groups is 1. The topological polar surface area (TPSA) is 48.5 Å². The highest BCUT2D eigenvalue weighted by molar-refractivity contribution is 6.31. The summed E-state index contributed by atoms with van der Waals surface area (Å²) in [6.07, 6.45) is 4.74. The van der Waals surface area contributed by atoms with E-state index in [2.05, 4.69) is 29.0 Å². The van der Waals surface area contributed by atoms with E-state index in [0.29, 0.717) is 11.6 Å². The minimum atomic E-state index is -0.0741. The fraction of sp³-hybridized carbons (Fsp3) is 0.400. The Morgan fingerprint density at radius 3 is 2.46 bits per heavy atom. The van der Waals surface area contributed by atoms with Crippen LogP contribution in [0.25, 0.3) is 0 Å². The molecule has 2 aromatic rings. The van der Waals surface area contributed by atoms with E-state index < -0.39 is 0 Å². The Kier molecular flexibility index (Phi) is 5.67. The summed E-state index contributed by atoms with van der Waals surface area (Å²) in [5.41, 5.74) is 5.33. The number of carbonyl (C=O) groups excluding carboxylic acids is 1. The van der Waals surface area contributed by atoms with Crippen LogP contribution < -0.4 is 10.2 Å². The van der Waals surface area contributed by atoms with Gasteiger partial charge in [0.1, 0.15) is 0 Å². The van der Waals surface area contributed by atoms with Gasteiger partial charge in [-0.1, -0.05) is 17.7 Å². The Hall–Kier alpha value is -2.27. The molecule has 2 heterocycles. The van der Waals surface area contributed by atoms with Crippen LogP contribution in [0.5, 0.6) is 0 Å². The number of rotatable bonds is 2. The first-order valence-corrected chi connectivity index (χ1v) is 9.31. The largest absolute Gasteiger partial charge is 0.369 e. The molecule has 1 saturated heterocycles. The molecule has 6 heteroatoms. The molecule has 1 fully saturated rings. The van der Waals surface area contributed by atoms with E-state index in [1.165, 1.54) is 16.8 Å². The fourth-order valence-corrected chi connectivity index (χ4v) is 3.59. The molecule has 2 amide bonds. The van der Waals surface area contributed by atoms with Crippen molar-refractivity contribution in [3.05, 3.63) is 52.3 Å². The van der Waals surface area contributed by atoms with E-state index in [-0.39, 0.29) is 6.03 Å². The maximum absolute atomic E-state index is 12.6. The average Bonchev–Trinajstić information content (AvgIpc) is 2.84. The molecule has 1 aromatic carbocycles. The highest BCUT2D eigenvalue weighted by atomic mass is 35.5. The molecule has 0 saturated carbocycles. The molecule has 1 aliphatic heterocycles. The molecule has 26 heavy (non-hydrogen) atoms. The van der Waals surface area contributed by atoms with Crippen molar-refractivity contribution in [2.24, 2.45) is 0 Å². The van der Waals surface area contributed by atoms with Gasteiger partial charge in [0.15, 0.2) is 0 Å². The zero-order valence-corrected chi connectivity index (χ0v) is 16.3. The van der Waals surface area contributed by atoms with Crippen molar-refractivity contribution in [2.45, 2.75) is 27.2 Å². The first-order valence-electron chi connectivity index (χ1n) is 8.94. The lowest BCUT2D eigenvalue weighted by Gasteiger charge is -2.26. The van der Waals surface area contributed by atoms with Crippen molar-refractivity contribution in [3.63, 3.8) is 0 Å². The van der Waals surface area contributed by atoms with Gasteiger partial charge in [-0.05, 0) is 56.0 Å². The zero-order valence-electron chi connectivity index (χ0n) is 15.6. The summed E-state index contributed by atoms with van der Waals surface area (Å²) in [4.78, 5) is 21.1. The number of nitrogens with zero attached hydrogens (tertiary/aromatic N) is 3. The predicted molar refractivity (Wildman–Crippen MR) is 107 cm³/mol. The molecule has 1 aliphatic rings. The van der Waals surface area contributed by atoms with Gasteiger partial charge in [0.05, 0.1) is 0 Å². The van der Waals surface area contributed by atoms with Crippen LogP contribution in [-0.4, -0.2) is 42.1 Å². The molecular weight excluding hydrogens is 348 g/mol. The monoisotopic (exact) mass is 372 g/mol. The van der Waals surface area contributed by atoms with Gasteiger partial charge in [-0.2, -0.15) is 0 Å². The minimum absolute atomic E-state index is 0.0741. The summed E-state index contributed by atoms with van der Waals surface area (Å²) in [5, 5.41) is 3.62.